The lowest BCUT2D eigenvalue weighted by Crippen LogP contribution is -2.31. The molecule has 0 aliphatic rings. The molecule has 2 aromatic carbocycles. The van der Waals surface area contributed by atoms with E-state index in [4.69, 9.17) is 14.2 Å². The van der Waals surface area contributed by atoms with Gasteiger partial charge in [0.05, 0.1) is 20.3 Å². The molecule has 0 aliphatic heterocycles. The molecular formula is C19H19F2NO5. The van der Waals surface area contributed by atoms with Crippen molar-refractivity contribution < 1.29 is 32.6 Å². The van der Waals surface area contributed by atoms with Crippen LogP contribution in [0.5, 0.6) is 11.5 Å². The van der Waals surface area contributed by atoms with Crippen molar-refractivity contribution in [1.29, 1.82) is 0 Å². The molecule has 2 aromatic rings. The maximum atomic E-state index is 13.7. The minimum atomic E-state index is -0.777. The molecule has 6 nitrogen and oxygen atoms in total. The van der Waals surface area contributed by atoms with E-state index in [1.807, 2.05) is 0 Å². The number of esters is 1. The zero-order valence-electron chi connectivity index (χ0n) is 15.0. The van der Waals surface area contributed by atoms with Crippen molar-refractivity contribution in [2.75, 3.05) is 20.8 Å². The van der Waals surface area contributed by atoms with E-state index in [2.05, 4.69) is 5.32 Å². The summed E-state index contributed by atoms with van der Waals surface area (Å²) in [5, 5.41) is 2.48. The van der Waals surface area contributed by atoms with Crippen LogP contribution in [0.4, 0.5) is 8.78 Å². The molecule has 1 N–H and O–H groups in total. The highest BCUT2D eigenvalue weighted by molar-refractivity contribution is 5.94. The molecule has 0 saturated heterocycles. The predicted molar refractivity (Wildman–Crippen MR) is 92.7 cm³/mol. The smallest absolute Gasteiger partial charge is 0.342 e. The van der Waals surface area contributed by atoms with Crippen LogP contribution in [0.3, 0.4) is 0 Å². The van der Waals surface area contributed by atoms with Gasteiger partial charge in [-0.05, 0) is 31.2 Å². The van der Waals surface area contributed by atoms with Crippen molar-refractivity contribution in [3.63, 3.8) is 0 Å². The lowest BCUT2D eigenvalue weighted by Gasteiger charge is -2.15. The molecule has 0 unspecified atom stereocenters. The number of carbonyl (C=O) groups is 2. The zero-order valence-corrected chi connectivity index (χ0v) is 15.0. The van der Waals surface area contributed by atoms with E-state index in [9.17, 15) is 18.4 Å². The van der Waals surface area contributed by atoms with Gasteiger partial charge in [-0.3, -0.25) is 4.79 Å². The van der Waals surface area contributed by atoms with Gasteiger partial charge in [0, 0.05) is 11.6 Å². The highest BCUT2D eigenvalue weighted by atomic mass is 19.1. The standard InChI is InChI=1S/C19H19F2NO5/c1-11(14-6-4-12(20)8-16(14)21)22-18(23)10-27-19(24)15-9-13(25-2)5-7-17(15)26-3/h4-9,11H,10H2,1-3H3,(H,22,23)/t11-/m0/s1. The Morgan fingerprint density at radius 1 is 1.07 bits per heavy atom. The maximum absolute atomic E-state index is 13.7. The molecular weight excluding hydrogens is 360 g/mol. The number of hydrogen-bond donors (Lipinski definition) is 1. The van der Waals surface area contributed by atoms with E-state index in [0.717, 1.165) is 12.1 Å². The van der Waals surface area contributed by atoms with Crippen molar-refractivity contribution in [3.8, 4) is 11.5 Å². The summed E-state index contributed by atoms with van der Waals surface area (Å²) in [4.78, 5) is 24.2. The first-order chi connectivity index (χ1) is 12.8. The summed E-state index contributed by atoms with van der Waals surface area (Å²) in [6.45, 7) is 0.952. The molecule has 0 saturated carbocycles. The first-order valence-corrected chi connectivity index (χ1v) is 7.99. The van der Waals surface area contributed by atoms with Crippen LogP contribution in [0.25, 0.3) is 0 Å². The minimum absolute atomic E-state index is 0.0993. The normalized spacial score (nSPS) is 11.4. The van der Waals surface area contributed by atoms with E-state index in [1.165, 1.54) is 39.3 Å². The fourth-order valence-electron chi connectivity index (χ4n) is 2.40. The first-order valence-electron chi connectivity index (χ1n) is 7.99. The van der Waals surface area contributed by atoms with Gasteiger partial charge in [0.2, 0.25) is 0 Å². The SMILES string of the molecule is COc1ccc(OC)c(C(=O)OCC(=O)N[C@@H](C)c2ccc(F)cc2F)c1. The Hall–Kier alpha value is -3.16. The van der Waals surface area contributed by atoms with Crippen LogP contribution in [-0.4, -0.2) is 32.7 Å². The molecule has 0 fully saturated rings. The molecule has 1 amide bonds. The Balaban J connectivity index is 1.98. The molecule has 144 valence electrons. The number of methoxy groups -OCH3 is 2. The summed E-state index contributed by atoms with van der Waals surface area (Å²) >= 11 is 0. The number of benzene rings is 2. The van der Waals surface area contributed by atoms with Crippen molar-refractivity contribution in [1.82, 2.24) is 5.32 Å². The monoisotopic (exact) mass is 379 g/mol. The summed E-state index contributed by atoms with van der Waals surface area (Å²) < 4.78 is 41.8. The van der Waals surface area contributed by atoms with Gasteiger partial charge >= 0.3 is 5.97 Å². The highest BCUT2D eigenvalue weighted by Crippen LogP contribution is 2.24. The van der Waals surface area contributed by atoms with Crippen molar-refractivity contribution in [2.45, 2.75) is 13.0 Å². The average Bonchev–Trinajstić information content (AvgIpc) is 2.65. The first kappa shape index (κ1) is 20.2. The van der Waals surface area contributed by atoms with Crippen molar-refractivity contribution >= 4 is 11.9 Å². The van der Waals surface area contributed by atoms with Crippen LogP contribution >= 0.6 is 0 Å². The molecule has 2 rings (SSSR count). The molecule has 8 heteroatoms. The van der Waals surface area contributed by atoms with Gasteiger partial charge in [-0.1, -0.05) is 6.07 Å². The Labute approximate surface area is 155 Å². The lowest BCUT2D eigenvalue weighted by atomic mass is 10.1. The second kappa shape index (κ2) is 8.98. The van der Waals surface area contributed by atoms with Crippen LogP contribution in [-0.2, 0) is 9.53 Å². The molecule has 27 heavy (non-hydrogen) atoms. The second-order valence-corrected chi connectivity index (χ2v) is 5.60. The molecule has 0 heterocycles. The second-order valence-electron chi connectivity index (χ2n) is 5.60. The molecule has 0 aliphatic carbocycles. The molecule has 1 atom stereocenters. The number of carbonyl (C=O) groups excluding carboxylic acids is 2. The summed E-state index contributed by atoms with van der Waals surface area (Å²) in [6.07, 6.45) is 0. The maximum Gasteiger partial charge on any atom is 0.342 e. The average molecular weight is 379 g/mol. The predicted octanol–water partition coefficient (Wildman–Crippen LogP) is 3.02. The van der Waals surface area contributed by atoms with Gasteiger partial charge in [-0.15, -0.1) is 0 Å². The number of nitrogens with one attached hydrogen (secondary N) is 1. The van der Waals surface area contributed by atoms with Gasteiger partial charge in [0.1, 0.15) is 28.7 Å². The van der Waals surface area contributed by atoms with E-state index >= 15 is 0 Å². The van der Waals surface area contributed by atoms with Crippen LogP contribution in [0, 0.1) is 11.6 Å². The van der Waals surface area contributed by atoms with Crippen LogP contribution in [0.2, 0.25) is 0 Å². The number of hydrogen-bond acceptors (Lipinski definition) is 5. The summed E-state index contributed by atoms with van der Waals surface area (Å²) in [7, 11) is 2.84. The largest absolute Gasteiger partial charge is 0.497 e. The van der Waals surface area contributed by atoms with Gasteiger partial charge < -0.3 is 19.5 Å². The number of halogens is 2. The Morgan fingerprint density at radius 3 is 2.44 bits per heavy atom. The molecule has 0 aromatic heterocycles. The van der Waals surface area contributed by atoms with Crippen molar-refractivity contribution in [3.05, 3.63) is 59.2 Å². The van der Waals surface area contributed by atoms with Gasteiger partial charge in [-0.25, -0.2) is 13.6 Å². The van der Waals surface area contributed by atoms with E-state index in [1.54, 1.807) is 6.07 Å². The Bertz CT molecular complexity index is 841. The third kappa shape index (κ3) is 5.16. The van der Waals surface area contributed by atoms with Crippen LogP contribution in [0.15, 0.2) is 36.4 Å². The number of amides is 1. The van der Waals surface area contributed by atoms with E-state index in [-0.39, 0.29) is 16.9 Å². The summed E-state index contributed by atoms with van der Waals surface area (Å²) in [6, 6.07) is 6.90. The van der Waals surface area contributed by atoms with Crippen molar-refractivity contribution in [2.24, 2.45) is 0 Å². The van der Waals surface area contributed by atoms with Crippen LogP contribution < -0.4 is 14.8 Å². The summed E-state index contributed by atoms with van der Waals surface area (Å²) in [5.74, 6) is -2.21. The Kier molecular flexibility index (Phi) is 6.70. The fraction of sp³-hybridized carbons (Fsp3) is 0.263. The molecule has 0 bridgehead atoms. The topological polar surface area (TPSA) is 73.9 Å². The quantitative estimate of drug-likeness (QED) is 0.749. The molecule has 0 radical (unpaired) electrons. The van der Waals surface area contributed by atoms with Gasteiger partial charge in [0.25, 0.3) is 5.91 Å². The zero-order chi connectivity index (χ0) is 20.0. The highest BCUT2D eigenvalue weighted by Gasteiger charge is 2.18. The van der Waals surface area contributed by atoms with Gasteiger partial charge in [-0.2, -0.15) is 0 Å². The number of ether oxygens (including phenoxy) is 3. The van der Waals surface area contributed by atoms with Gasteiger partial charge in [0.15, 0.2) is 6.61 Å². The number of rotatable bonds is 7. The minimum Gasteiger partial charge on any atom is -0.497 e. The fourth-order valence-corrected chi connectivity index (χ4v) is 2.40. The third-order valence-corrected chi connectivity index (χ3v) is 3.77. The Morgan fingerprint density at radius 2 is 1.81 bits per heavy atom. The summed E-state index contributed by atoms with van der Waals surface area (Å²) in [5.41, 5.74) is 0.216. The van der Waals surface area contributed by atoms with E-state index < -0.39 is 36.2 Å². The van der Waals surface area contributed by atoms with E-state index in [0.29, 0.717) is 5.75 Å². The van der Waals surface area contributed by atoms with Crippen LogP contribution in [0.1, 0.15) is 28.9 Å². The third-order valence-electron chi connectivity index (χ3n) is 3.77. The molecule has 0 spiro atoms. The lowest BCUT2D eigenvalue weighted by molar-refractivity contribution is -0.124.